The molecule has 0 aliphatic carbocycles. The van der Waals surface area contributed by atoms with E-state index in [1.807, 2.05) is 0 Å². The molecule has 0 saturated heterocycles. The molecule has 0 aromatic carbocycles. The lowest BCUT2D eigenvalue weighted by Gasteiger charge is -1.95. The molecular weight excluding hydrogens is 212 g/mol. The van der Waals surface area contributed by atoms with Gasteiger partial charge in [0.15, 0.2) is 9.84 Å². The molecule has 0 amide bonds. The Hall–Kier alpha value is -0.880. The molecule has 0 fully saturated rings. The third kappa shape index (κ3) is 1.89. The zero-order chi connectivity index (χ0) is 10.2. The molecule has 4 nitrogen and oxygen atoms in total. The summed E-state index contributed by atoms with van der Waals surface area (Å²) in [4.78, 5) is 10.8. The second kappa shape index (κ2) is 3.12. The first-order valence-corrected chi connectivity index (χ1v) is 6.12. The maximum absolute atomic E-state index is 11.1. The summed E-state index contributed by atoms with van der Waals surface area (Å²) in [7, 11) is -3.30. The molecule has 72 valence electrons. The third-order valence-electron chi connectivity index (χ3n) is 1.59. The standard InChI is InChI=1S/C7H8O4S2/c1-4-5(13(2,10)11)3-12-6(4)7(8)9/h3H,1-2H3,(H,8,9). The zero-order valence-electron chi connectivity index (χ0n) is 7.07. The second-order valence-electron chi connectivity index (χ2n) is 2.63. The molecule has 0 spiro atoms. The first kappa shape index (κ1) is 10.2. The van der Waals surface area contributed by atoms with Crippen molar-refractivity contribution in [2.45, 2.75) is 11.8 Å². The van der Waals surface area contributed by atoms with Gasteiger partial charge < -0.3 is 5.11 Å². The van der Waals surface area contributed by atoms with Crippen LogP contribution in [0.3, 0.4) is 0 Å². The lowest BCUT2D eigenvalue weighted by Crippen LogP contribution is -2.00. The Kier molecular flexibility index (Phi) is 2.44. The highest BCUT2D eigenvalue weighted by Gasteiger charge is 2.19. The molecule has 1 rings (SSSR count). The molecule has 1 aromatic heterocycles. The largest absolute Gasteiger partial charge is 0.477 e. The Balaban J connectivity index is 3.39. The summed E-state index contributed by atoms with van der Waals surface area (Å²) in [5.74, 6) is -1.09. The number of hydrogen-bond acceptors (Lipinski definition) is 4. The number of rotatable bonds is 2. The molecule has 1 heterocycles. The van der Waals surface area contributed by atoms with E-state index in [0.717, 1.165) is 17.6 Å². The van der Waals surface area contributed by atoms with Crippen LogP contribution in [0.4, 0.5) is 0 Å². The highest BCUT2D eigenvalue weighted by Crippen LogP contribution is 2.25. The normalized spacial score (nSPS) is 11.5. The number of carboxylic acid groups (broad SMARTS) is 1. The summed E-state index contributed by atoms with van der Waals surface area (Å²) < 4.78 is 22.2. The first-order chi connectivity index (χ1) is 5.84. The van der Waals surface area contributed by atoms with Crippen molar-refractivity contribution < 1.29 is 18.3 Å². The molecule has 13 heavy (non-hydrogen) atoms. The number of hydrogen-bond donors (Lipinski definition) is 1. The van der Waals surface area contributed by atoms with E-state index in [1.165, 1.54) is 12.3 Å². The van der Waals surface area contributed by atoms with Gasteiger partial charge in [0.1, 0.15) is 4.88 Å². The van der Waals surface area contributed by atoms with Crippen molar-refractivity contribution >= 4 is 27.1 Å². The molecule has 0 aliphatic rings. The van der Waals surface area contributed by atoms with E-state index in [9.17, 15) is 13.2 Å². The summed E-state index contributed by atoms with van der Waals surface area (Å²) in [5.41, 5.74) is 0.319. The van der Waals surface area contributed by atoms with Crippen LogP contribution in [-0.2, 0) is 9.84 Å². The van der Waals surface area contributed by atoms with Crippen molar-refractivity contribution in [1.29, 1.82) is 0 Å². The minimum absolute atomic E-state index is 0.0837. The molecule has 0 radical (unpaired) electrons. The smallest absolute Gasteiger partial charge is 0.346 e. The van der Waals surface area contributed by atoms with Gasteiger partial charge in [-0.1, -0.05) is 0 Å². The minimum atomic E-state index is -3.30. The van der Waals surface area contributed by atoms with Gasteiger partial charge in [-0.3, -0.25) is 0 Å². The average molecular weight is 220 g/mol. The number of carbonyl (C=O) groups is 1. The van der Waals surface area contributed by atoms with Crippen LogP contribution in [0.1, 0.15) is 15.2 Å². The Labute approximate surface area is 79.7 Å². The van der Waals surface area contributed by atoms with Crippen LogP contribution in [0, 0.1) is 6.92 Å². The topological polar surface area (TPSA) is 71.4 Å². The van der Waals surface area contributed by atoms with Crippen molar-refractivity contribution in [2.24, 2.45) is 0 Å². The minimum Gasteiger partial charge on any atom is -0.477 e. The Morgan fingerprint density at radius 1 is 1.54 bits per heavy atom. The van der Waals surface area contributed by atoms with E-state index in [1.54, 1.807) is 0 Å². The Morgan fingerprint density at radius 3 is 2.31 bits per heavy atom. The van der Waals surface area contributed by atoms with Crippen LogP contribution in [0.15, 0.2) is 10.3 Å². The molecule has 1 N–H and O–H groups in total. The van der Waals surface area contributed by atoms with Gasteiger partial charge in [-0.2, -0.15) is 0 Å². The predicted molar refractivity (Wildman–Crippen MR) is 49.1 cm³/mol. The van der Waals surface area contributed by atoms with E-state index >= 15 is 0 Å². The number of sulfone groups is 1. The lowest BCUT2D eigenvalue weighted by molar-refractivity contribution is 0.0701. The summed E-state index contributed by atoms with van der Waals surface area (Å²) in [6.45, 7) is 1.50. The molecule has 6 heteroatoms. The highest BCUT2D eigenvalue weighted by molar-refractivity contribution is 7.90. The van der Waals surface area contributed by atoms with Gasteiger partial charge in [0.25, 0.3) is 0 Å². The van der Waals surface area contributed by atoms with Gasteiger partial charge >= 0.3 is 5.97 Å². The van der Waals surface area contributed by atoms with E-state index in [0.29, 0.717) is 5.56 Å². The predicted octanol–water partition coefficient (Wildman–Crippen LogP) is 1.16. The summed E-state index contributed by atoms with van der Waals surface area (Å²) in [6.07, 6.45) is 1.06. The number of thiophene rings is 1. The van der Waals surface area contributed by atoms with E-state index in [4.69, 9.17) is 5.11 Å². The Bertz CT molecular complexity index is 441. The number of aromatic carboxylic acids is 1. The van der Waals surface area contributed by atoms with Crippen LogP contribution >= 0.6 is 11.3 Å². The van der Waals surface area contributed by atoms with Crippen LogP contribution in [0.25, 0.3) is 0 Å². The summed E-state index contributed by atoms with van der Waals surface area (Å²) >= 11 is 0.932. The van der Waals surface area contributed by atoms with Crippen molar-refractivity contribution in [3.8, 4) is 0 Å². The van der Waals surface area contributed by atoms with Crippen LogP contribution in [0.2, 0.25) is 0 Å². The fraction of sp³-hybridized carbons (Fsp3) is 0.286. The maximum atomic E-state index is 11.1. The van der Waals surface area contributed by atoms with E-state index in [-0.39, 0.29) is 9.77 Å². The van der Waals surface area contributed by atoms with Gasteiger partial charge in [-0.05, 0) is 12.5 Å². The molecule has 0 atom stereocenters. The fourth-order valence-corrected chi connectivity index (χ4v) is 3.33. The monoisotopic (exact) mass is 220 g/mol. The van der Waals surface area contributed by atoms with E-state index in [2.05, 4.69) is 0 Å². The summed E-state index contributed by atoms with van der Waals surface area (Å²) in [6, 6.07) is 0. The number of carboxylic acids is 1. The third-order valence-corrected chi connectivity index (χ3v) is 4.03. The molecule has 0 aliphatic heterocycles. The SMILES string of the molecule is Cc1c(S(C)(=O)=O)csc1C(=O)O. The van der Waals surface area contributed by atoms with Crippen molar-refractivity contribution in [3.63, 3.8) is 0 Å². The molecule has 0 saturated carbocycles. The Morgan fingerprint density at radius 2 is 2.08 bits per heavy atom. The van der Waals surface area contributed by atoms with Gasteiger partial charge in [0, 0.05) is 11.6 Å². The van der Waals surface area contributed by atoms with Crippen molar-refractivity contribution in [1.82, 2.24) is 0 Å². The average Bonchev–Trinajstić information content (AvgIpc) is 2.28. The van der Waals surface area contributed by atoms with Gasteiger partial charge in [-0.15, -0.1) is 11.3 Å². The maximum Gasteiger partial charge on any atom is 0.346 e. The highest BCUT2D eigenvalue weighted by atomic mass is 32.2. The molecular formula is C7H8O4S2. The van der Waals surface area contributed by atoms with Crippen LogP contribution in [0.5, 0.6) is 0 Å². The second-order valence-corrected chi connectivity index (χ2v) is 5.50. The lowest BCUT2D eigenvalue weighted by atomic mass is 10.3. The first-order valence-electron chi connectivity index (χ1n) is 3.35. The molecule has 0 unspecified atom stereocenters. The van der Waals surface area contributed by atoms with Crippen molar-refractivity contribution in [3.05, 3.63) is 15.8 Å². The van der Waals surface area contributed by atoms with Gasteiger partial charge in [0.05, 0.1) is 4.90 Å². The molecule has 1 aromatic rings. The van der Waals surface area contributed by atoms with Gasteiger partial charge in [0.2, 0.25) is 0 Å². The zero-order valence-corrected chi connectivity index (χ0v) is 8.70. The van der Waals surface area contributed by atoms with Crippen molar-refractivity contribution in [2.75, 3.05) is 6.26 Å². The van der Waals surface area contributed by atoms with E-state index < -0.39 is 15.8 Å². The fourth-order valence-electron chi connectivity index (χ4n) is 0.977. The summed E-state index contributed by atoms with van der Waals surface area (Å²) in [5, 5.41) is 10.0. The van der Waals surface area contributed by atoms with Crippen LogP contribution in [-0.4, -0.2) is 25.7 Å². The quantitative estimate of drug-likeness (QED) is 0.811. The van der Waals surface area contributed by atoms with Crippen LogP contribution < -0.4 is 0 Å². The molecule has 0 bridgehead atoms. The van der Waals surface area contributed by atoms with Gasteiger partial charge in [-0.25, -0.2) is 13.2 Å².